The van der Waals surface area contributed by atoms with Crippen molar-refractivity contribution in [2.75, 3.05) is 4.90 Å². The van der Waals surface area contributed by atoms with Crippen molar-refractivity contribution in [3.05, 3.63) is 113 Å². The summed E-state index contributed by atoms with van der Waals surface area (Å²) in [7, 11) is 0. The average molecular weight is 408 g/mol. The van der Waals surface area contributed by atoms with Crippen LogP contribution in [0.2, 0.25) is 0 Å². The van der Waals surface area contributed by atoms with Crippen LogP contribution in [-0.4, -0.2) is 11.8 Å². The molecule has 0 bridgehead atoms. The zero-order chi connectivity index (χ0) is 21.5. The van der Waals surface area contributed by atoms with Gasteiger partial charge in [-0.1, -0.05) is 84.9 Å². The van der Waals surface area contributed by atoms with Crippen molar-refractivity contribution in [2.24, 2.45) is 11.8 Å². The second-order valence-electron chi connectivity index (χ2n) is 8.54. The van der Waals surface area contributed by atoms with Crippen molar-refractivity contribution in [1.82, 2.24) is 0 Å². The molecule has 1 saturated heterocycles. The molecule has 31 heavy (non-hydrogen) atoms. The Kier molecular flexibility index (Phi) is 4.82. The fourth-order valence-corrected chi connectivity index (χ4v) is 5.15. The fraction of sp³-hybridized carbons (Fsp3) is 0.214. The maximum absolute atomic E-state index is 13.8. The van der Waals surface area contributed by atoms with Crippen molar-refractivity contribution in [1.29, 1.82) is 0 Å². The number of carbonyl (C=O) groups excluding carboxylic acids is 2. The number of imide groups is 1. The molecule has 3 heteroatoms. The van der Waals surface area contributed by atoms with Gasteiger partial charge in [0.2, 0.25) is 11.8 Å². The number of amides is 2. The monoisotopic (exact) mass is 407 g/mol. The molecule has 1 heterocycles. The van der Waals surface area contributed by atoms with Crippen molar-refractivity contribution in [3.63, 3.8) is 0 Å². The lowest BCUT2D eigenvalue weighted by atomic mass is 9.68. The number of benzene rings is 3. The summed E-state index contributed by atoms with van der Waals surface area (Å²) >= 11 is 0. The number of carbonyl (C=O) groups is 2. The summed E-state index contributed by atoms with van der Waals surface area (Å²) in [6.45, 7) is 3.99. The van der Waals surface area contributed by atoms with E-state index in [2.05, 4.69) is 12.2 Å². The molecular weight excluding hydrogens is 382 g/mol. The van der Waals surface area contributed by atoms with Gasteiger partial charge in [0.05, 0.1) is 17.5 Å². The smallest absolute Gasteiger partial charge is 0.238 e. The molecule has 0 saturated carbocycles. The third-order valence-corrected chi connectivity index (χ3v) is 6.88. The summed E-state index contributed by atoms with van der Waals surface area (Å²) < 4.78 is 0. The summed E-state index contributed by atoms with van der Waals surface area (Å²) in [5, 5.41) is 0. The van der Waals surface area contributed by atoms with Gasteiger partial charge >= 0.3 is 0 Å². The fourth-order valence-electron chi connectivity index (χ4n) is 5.15. The van der Waals surface area contributed by atoms with Crippen LogP contribution < -0.4 is 4.90 Å². The van der Waals surface area contributed by atoms with Gasteiger partial charge in [-0.3, -0.25) is 9.59 Å². The van der Waals surface area contributed by atoms with Crippen LogP contribution in [0.15, 0.2) is 91.0 Å². The topological polar surface area (TPSA) is 37.4 Å². The second kappa shape index (κ2) is 7.66. The van der Waals surface area contributed by atoms with Crippen LogP contribution in [-0.2, 0) is 9.59 Å². The highest BCUT2D eigenvalue weighted by molar-refractivity contribution is 6.23. The molecular formula is C28H25NO2. The van der Waals surface area contributed by atoms with E-state index in [0.29, 0.717) is 5.69 Å². The van der Waals surface area contributed by atoms with Gasteiger partial charge in [0.25, 0.3) is 0 Å². The van der Waals surface area contributed by atoms with E-state index in [0.717, 1.165) is 22.3 Å². The average Bonchev–Trinajstić information content (AvgIpc) is 3.07. The molecule has 0 spiro atoms. The molecule has 0 unspecified atom stereocenters. The Morgan fingerprint density at radius 1 is 0.613 bits per heavy atom. The van der Waals surface area contributed by atoms with Gasteiger partial charge in [-0.15, -0.1) is 0 Å². The van der Waals surface area contributed by atoms with Gasteiger partial charge in [-0.25, -0.2) is 4.90 Å². The molecule has 0 N–H and O–H groups in total. The van der Waals surface area contributed by atoms with Crippen LogP contribution in [0.3, 0.4) is 0 Å². The highest BCUT2D eigenvalue weighted by Crippen LogP contribution is 2.50. The molecule has 1 aliphatic carbocycles. The first-order valence-corrected chi connectivity index (χ1v) is 10.8. The van der Waals surface area contributed by atoms with Crippen LogP contribution in [0.25, 0.3) is 0 Å². The van der Waals surface area contributed by atoms with Gasteiger partial charge in [0, 0.05) is 11.8 Å². The number of aryl methyl sites for hydroxylation is 1. The highest BCUT2D eigenvalue weighted by Gasteiger charge is 2.55. The Morgan fingerprint density at radius 3 is 1.58 bits per heavy atom. The molecule has 3 aromatic carbocycles. The van der Waals surface area contributed by atoms with E-state index in [-0.39, 0.29) is 23.7 Å². The van der Waals surface area contributed by atoms with Crippen LogP contribution >= 0.6 is 0 Å². The third-order valence-electron chi connectivity index (χ3n) is 6.88. The van der Waals surface area contributed by atoms with Crippen molar-refractivity contribution in [3.8, 4) is 0 Å². The molecule has 5 rings (SSSR count). The first kappa shape index (κ1) is 19.5. The van der Waals surface area contributed by atoms with Crippen LogP contribution in [0.5, 0.6) is 0 Å². The van der Waals surface area contributed by atoms with E-state index < -0.39 is 11.8 Å². The van der Waals surface area contributed by atoms with E-state index in [1.165, 1.54) is 4.90 Å². The first-order valence-electron chi connectivity index (χ1n) is 10.8. The van der Waals surface area contributed by atoms with Crippen molar-refractivity contribution >= 4 is 17.5 Å². The van der Waals surface area contributed by atoms with E-state index in [4.69, 9.17) is 0 Å². The zero-order valence-electron chi connectivity index (χ0n) is 17.7. The Bertz CT molecular complexity index is 1100. The van der Waals surface area contributed by atoms with E-state index in [1.807, 2.05) is 92.7 Å². The summed E-state index contributed by atoms with van der Waals surface area (Å²) in [4.78, 5) is 29.1. The molecule has 0 radical (unpaired) electrons. The Balaban J connectivity index is 1.65. The summed E-state index contributed by atoms with van der Waals surface area (Å²) in [6.07, 6.45) is 4.26. The Morgan fingerprint density at radius 2 is 1.10 bits per heavy atom. The number of nitrogens with zero attached hydrogens (tertiary/aromatic N) is 1. The van der Waals surface area contributed by atoms with Crippen LogP contribution in [0.1, 0.15) is 34.1 Å². The minimum absolute atomic E-state index is 0.0946. The number of anilines is 1. The number of allylic oxidation sites excluding steroid dienone is 2. The van der Waals surface area contributed by atoms with Crippen LogP contribution in [0.4, 0.5) is 5.69 Å². The molecule has 3 nitrogen and oxygen atoms in total. The van der Waals surface area contributed by atoms with Gasteiger partial charge in [0.15, 0.2) is 0 Å². The minimum atomic E-state index is -0.412. The maximum atomic E-state index is 13.8. The number of hydrogen-bond acceptors (Lipinski definition) is 2. The van der Waals surface area contributed by atoms with Crippen molar-refractivity contribution < 1.29 is 9.59 Å². The Labute approximate surface area is 183 Å². The quantitative estimate of drug-likeness (QED) is 0.422. The minimum Gasteiger partial charge on any atom is -0.274 e. The largest absolute Gasteiger partial charge is 0.274 e. The maximum Gasteiger partial charge on any atom is 0.238 e. The molecule has 2 aliphatic rings. The van der Waals surface area contributed by atoms with Gasteiger partial charge < -0.3 is 0 Å². The summed E-state index contributed by atoms with van der Waals surface area (Å²) in [5.74, 6) is -1.24. The second-order valence-corrected chi connectivity index (χ2v) is 8.54. The van der Waals surface area contributed by atoms with Crippen molar-refractivity contribution in [2.45, 2.75) is 25.7 Å². The lowest BCUT2D eigenvalue weighted by molar-refractivity contribution is -0.122. The van der Waals surface area contributed by atoms with E-state index in [9.17, 15) is 9.59 Å². The highest BCUT2D eigenvalue weighted by atomic mass is 16.2. The zero-order valence-corrected chi connectivity index (χ0v) is 17.7. The number of fused-ring (bicyclic) bond motifs is 1. The standard InChI is InChI=1S/C28H25NO2/c1-18-10-9-15-24(19(18)2)29-27(30)25-22(20-11-5-3-6-12-20)16-17-23(26(25)28(29)31)21-13-7-4-8-14-21/h3-17,22-23,25-26H,1-2H3/t22-,23-,25-,26-/m1/s1. The number of hydrogen-bond donors (Lipinski definition) is 0. The lowest BCUT2D eigenvalue weighted by Gasteiger charge is -2.32. The molecule has 3 aromatic rings. The lowest BCUT2D eigenvalue weighted by Crippen LogP contribution is -2.32. The van der Waals surface area contributed by atoms with E-state index in [1.54, 1.807) is 0 Å². The molecule has 1 fully saturated rings. The summed E-state index contributed by atoms with van der Waals surface area (Å²) in [6, 6.07) is 25.9. The SMILES string of the molecule is Cc1cccc(N2C(=O)[C@H]3[C@H](C2=O)[C@@H](c2ccccc2)C=C[C@@H]3c2ccccc2)c1C. The normalized spacial score (nSPS) is 25.0. The molecule has 0 aromatic heterocycles. The van der Waals surface area contributed by atoms with E-state index >= 15 is 0 Å². The number of rotatable bonds is 3. The Hall–Kier alpha value is -3.46. The molecule has 4 atom stereocenters. The predicted molar refractivity (Wildman–Crippen MR) is 123 cm³/mol. The molecule has 2 amide bonds. The third kappa shape index (κ3) is 3.12. The van der Waals surface area contributed by atoms with Gasteiger partial charge in [-0.05, 0) is 42.2 Å². The molecule has 1 aliphatic heterocycles. The first-order chi connectivity index (χ1) is 15.1. The summed E-state index contributed by atoms with van der Waals surface area (Å²) in [5.41, 5.74) is 4.91. The van der Waals surface area contributed by atoms with Crippen LogP contribution in [0, 0.1) is 25.7 Å². The predicted octanol–water partition coefficient (Wildman–Crippen LogP) is 5.55. The van der Waals surface area contributed by atoms with Gasteiger partial charge in [0.1, 0.15) is 0 Å². The van der Waals surface area contributed by atoms with Gasteiger partial charge in [-0.2, -0.15) is 0 Å². The molecule has 154 valence electrons.